The van der Waals surface area contributed by atoms with Crippen LogP contribution in [0.3, 0.4) is 0 Å². The molecule has 1 fully saturated rings. The van der Waals surface area contributed by atoms with E-state index in [1.54, 1.807) is 20.8 Å². The fraction of sp³-hybridized carbons (Fsp3) is 0.800. The van der Waals surface area contributed by atoms with Crippen molar-refractivity contribution < 1.29 is 23.6 Å². The van der Waals surface area contributed by atoms with E-state index >= 15 is 0 Å². The highest BCUT2D eigenvalue weighted by molar-refractivity contribution is 7.86. The third-order valence-corrected chi connectivity index (χ3v) is 3.71. The van der Waals surface area contributed by atoms with Crippen molar-refractivity contribution in [3.63, 3.8) is 0 Å². The average molecular weight is 263 g/mol. The number of carbonyl (C=O) groups is 2. The zero-order valence-electron chi connectivity index (χ0n) is 10.1. The number of hydrogen-bond donors (Lipinski definition) is 1. The highest BCUT2D eigenvalue weighted by Crippen LogP contribution is 2.18. The summed E-state index contributed by atoms with van der Waals surface area (Å²) in [6.07, 6.45) is -0.443. The number of likely N-dealkylation sites (tertiary alicyclic amines) is 1. The molecule has 1 aliphatic rings. The molecule has 1 unspecified atom stereocenters. The SMILES string of the molecule is CC(C)(C)OC(=O)N1CC(S(=O)CC(=O)O)C1. The number of amides is 1. The van der Waals surface area contributed by atoms with Gasteiger partial charge >= 0.3 is 12.1 Å². The minimum absolute atomic E-state index is 0.251. The molecule has 1 saturated heterocycles. The molecule has 0 aromatic rings. The lowest BCUT2D eigenvalue weighted by atomic mass is 10.2. The Labute approximate surface area is 102 Å². The van der Waals surface area contributed by atoms with Gasteiger partial charge in [-0.2, -0.15) is 0 Å². The van der Waals surface area contributed by atoms with Crippen molar-refractivity contribution in [2.75, 3.05) is 18.8 Å². The predicted molar refractivity (Wildman–Crippen MR) is 62.2 cm³/mol. The van der Waals surface area contributed by atoms with Crippen molar-refractivity contribution in [1.29, 1.82) is 0 Å². The molecule has 17 heavy (non-hydrogen) atoms. The molecular weight excluding hydrogens is 246 g/mol. The van der Waals surface area contributed by atoms with Crippen LogP contribution in [0, 0.1) is 0 Å². The Kier molecular flexibility index (Phi) is 4.13. The van der Waals surface area contributed by atoms with Gasteiger partial charge in [0.2, 0.25) is 0 Å². The zero-order valence-corrected chi connectivity index (χ0v) is 11.0. The maximum absolute atomic E-state index is 11.5. The fourth-order valence-corrected chi connectivity index (χ4v) is 2.49. The quantitative estimate of drug-likeness (QED) is 0.798. The lowest BCUT2D eigenvalue weighted by Gasteiger charge is -2.38. The lowest BCUT2D eigenvalue weighted by molar-refractivity contribution is -0.134. The number of nitrogens with zero attached hydrogens (tertiary/aromatic N) is 1. The van der Waals surface area contributed by atoms with Crippen LogP contribution in [0.2, 0.25) is 0 Å². The van der Waals surface area contributed by atoms with Crippen LogP contribution >= 0.6 is 0 Å². The Morgan fingerprint density at radius 1 is 1.41 bits per heavy atom. The molecule has 1 rings (SSSR count). The Morgan fingerprint density at radius 3 is 2.35 bits per heavy atom. The van der Waals surface area contributed by atoms with Crippen LogP contribution in [0.4, 0.5) is 4.79 Å². The van der Waals surface area contributed by atoms with Crippen molar-refractivity contribution in [1.82, 2.24) is 4.90 Å². The zero-order chi connectivity index (χ0) is 13.2. The van der Waals surface area contributed by atoms with E-state index in [0.29, 0.717) is 13.1 Å². The Morgan fingerprint density at radius 2 is 1.94 bits per heavy atom. The highest BCUT2D eigenvalue weighted by Gasteiger charge is 2.37. The number of carbonyl (C=O) groups excluding carboxylic acids is 1. The van der Waals surface area contributed by atoms with Gasteiger partial charge in [0.05, 0.1) is 5.25 Å². The molecule has 6 nitrogen and oxygen atoms in total. The van der Waals surface area contributed by atoms with E-state index in [1.807, 2.05) is 0 Å². The van der Waals surface area contributed by atoms with Gasteiger partial charge in [0.15, 0.2) is 0 Å². The molecule has 1 amide bonds. The summed E-state index contributed by atoms with van der Waals surface area (Å²) in [5, 5.41) is 8.23. The molecule has 0 aromatic heterocycles. The summed E-state index contributed by atoms with van der Waals surface area (Å²) in [6.45, 7) is 5.91. The molecule has 7 heteroatoms. The summed E-state index contributed by atoms with van der Waals surface area (Å²) < 4.78 is 16.6. The van der Waals surface area contributed by atoms with E-state index in [2.05, 4.69) is 0 Å². The number of carboxylic acid groups (broad SMARTS) is 1. The van der Waals surface area contributed by atoms with E-state index in [1.165, 1.54) is 4.90 Å². The normalized spacial score (nSPS) is 18.4. The summed E-state index contributed by atoms with van der Waals surface area (Å²) in [5.74, 6) is -1.45. The summed E-state index contributed by atoms with van der Waals surface area (Å²) in [6, 6.07) is 0. The first-order chi connectivity index (χ1) is 7.69. The molecule has 98 valence electrons. The predicted octanol–water partition coefficient (Wildman–Crippen LogP) is 0.439. The van der Waals surface area contributed by atoms with Crippen LogP contribution < -0.4 is 0 Å². The van der Waals surface area contributed by atoms with Crippen LogP contribution in [0.1, 0.15) is 20.8 Å². The number of carboxylic acids is 1. The van der Waals surface area contributed by atoms with Crippen LogP contribution in [0.15, 0.2) is 0 Å². The standard InChI is InChI=1S/C10H17NO5S/c1-10(2,3)16-9(14)11-4-7(5-11)17(15)6-8(12)13/h7H,4-6H2,1-3H3,(H,12,13). The molecule has 1 atom stereocenters. The van der Waals surface area contributed by atoms with Gasteiger partial charge in [0.25, 0.3) is 0 Å². The lowest BCUT2D eigenvalue weighted by Crippen LogP contribution is -2.57. The fourth-order valence-electron chi connectivity index (χ4n) is 1.32. The van der Waals surface area contributed by atoms with Crippen molar-refractivity contribution in [2.45, 2.75) is 31.6 Å². The van der Waals surface area contributed by atoms with Gasteiger partial charge in [-0.25, -0.2) is 4.79 Å². The van der Waals surface area contributed by atoms with Crippen molar-refractivity contribution in [3.05, 3.63) is 0 Å². The van der Waals surface area contributed by atoms with Crippen molar-refractivity contribution >= 4 is 22.9 Å². The largest absolute Gasteiger partial charge is 0.481 e. The monoisotopic (exact) mass is 263 g/mol. The summed E-state index contributed by atoms with van der Waals surface area (Å²) in [7, 11) is -1.42. The van der Waals surface area contributed by atoms with Crippen molar-refractivity contribution in [2.24, 2.45) is 0 Å². The maximum atomic E-state index is 11.5. The van der Waals surface area contributed by atoms with Crippen molar-refractivity contribution in [3.8, 4) is 0 Å². The number of rotatable bonds is 3. The van der Waals surface area contributed by atoms with Crippen LogP contribution in [0.5, 0.6) is 0 Å². The second-order valence-corrected chi connectivity index (χ2v) is 6.64. The number of aliphatic carboxylic acids is 1. The number of hydrogen-bond acceptors (Lipinski definition) is 4. The Balaban J connectivity index is 2.34. The first kappa shape index (κ1) is 14.0. The molecule has 1 N–H and O–H groups in total. The van der Waals surface area contributed by atoms with Crippen LogP contribution in [0.25, 0.3) is 0 Å². The molecule has 1 aliphatic heterocycles. The molecule has 1 heterocycles. The summed E-state index contributed by atoms with van der Waals surface area (Å²) >= 11 is 0. The minimum atomic E-state index is -1.42. The van der Waals surface area contributed by atoms with Gasteiger partial charge < -0.3 is 14.7 Å². The first-order valence-corrected chi connectivity index (χ1v) is 6.64. The second kappa shape index (κ2) is 5.03. The Hall–Kier alpha value is -1.11. The van der Waals surface area contributed by atoms with Gasteiger partial charge in [-0.15, -0.1) is 0 Å². The number of ether oxygens (including phenoxy) is 1. The second-order valence-electron chi connectivity index (χ2n) is 4.93. The maximum Gasteiger partial charge on any atom is 0.410 e. The van der Waals surface area contributed by atoms with Gasteiger partial charge in [0, 0.05) is 23.9 Å². The van der Waals surface area contributed by atoms with Crippen LogP contribution in [-0.4, -0.2) is 56.0 Å². The highest BCUT2D eigenvalue weighted by atomic mass is 32.2. The topological polar surface area (TPSA) is 83.9 Å². The molecule has 0 saturated carbocycles. The molecule has 0 bridgehead atoms. The van der Waals surface area contributed by atoms with E-state index in [9.17, 15) is 13.8 Å². The molecule has 0 spiro atoms. The molecular formula is C10H17NO5S. The van der Waals surface area contributed by atoms with Gasteiger partial charge in [-0.05, 0) is 20.8 Å². The van der Waals surface area contributed by atoms with E-state index in [-0.39, 0.29) is 11.0 Å². The van der Waals surface area contributed by atoms with E-state index in [4.69, 9.17) is 9.84 Å². The molecule has 0 radical (unpaired) electrons. The Bertz CT molecular complexity index is 343. The summed E-state index contributed by atoms with van der Waals surface area (Å²) in [4.78, 5) is 23.3. The molecule has 0 aromatic carbocycles. The van der Waals surface area contributed by atoms with Gasteiger partial charge in [0.1, 0.15) is 11.4 Å². The average Bonchev–Trinajstić information content (AvgIpc) is 1.94. The van der Waals surface area contributed by atoms with E-state index in [0.717, 1.165) is 0 Å². The first-order valence-electron chi connectivity index (χ1n) is 5.26. The van der Waals surface area contributed by atoms with Crippen LogP contribution in [-0.2, 0) is 20.3 Å². The smallest absolute Gasteiger partial charge is 0.410 e. The van der Waals surface area contributed by atoms with Gasteiger partial charge in [-0.1, -0.05) is 0 Å². The van der Waals surface area contributed by atoms with Gasteiger partial charge in [-0.3, -0.25) is 9.00 Å². The molecule has 0 aliphatic carbocycles. The minimum Gasteiger partial charge on any atom is -0.481 e. The third-order valence-electron chi connectivity index (χ3n) is 2.14. The third kappa shape index (κ3) is 4.33. The van der Waals surface area contributed by atoms with E-state index < -0.39 is 28.5 Å². The summed E-state index contributed by atoms with van der Waals surface area (Å²) in [5.41, 5.74) is -0.553.